The largest absolute Gasteiger partial charge is 0.375 e. The molecular weight excluding hydrogens is 810 g/mol. The number of hydrogen-bond donors (Lipinski definition) is 0. The van der Waals surface area contributed by atoms with Gasteiger partial charge in [-0.15, -0.1) is 0 Å². The van der Waals surface area contributed by atoms with Crippen LogP contribution in [0.3, 0.4) is 0 Å². The van der Waals surface area contributed by atoms with E-state index in [9.17, 15) is 0 Å². The minimum absolute atomic E-state index is 0.0123. The van der Waals surface area contributed by atoms with Crippen LogP contribution in [0.4, 0.5) is 17.1 Å². The van der Waals surface area contributed by atoms with Gasteiger partial charge in [0.05, 0.1) is 16.7 Å². The topological polar surface area (TPSA) is 13.1 Å². The van der Waals surface area contributed by atoms with Crippen molar-refractivity contribution < 1.29 is 0 Å². The molecule has 0 saturated carbocycles. The van der Waals surface area contributed by atoms with E-state index in [0.717, 1.165) is 11.4 Å². The summed E-state index contributed by atoms with van der Waals surface area (Å²) in [6.07, 6.45) is 0. The highest BCUT2D eigenvalue weighted by atomic mass is 15.2. The second-order valence-electron chi connectivity index (χ2n) is 22.3. The van der Waals surface area contributed by atoms with E-state index in [1.807, 2.05) is 0 Å². The molecule has 0 fully saturated rings. The van der Waals surface area contributed by atoms with E-state index in [1.54, 1.807) is 0 Å². The minimum atomic E-state index is -0.145. The number of aromatic nitrogens is 2. The molecule has 2 aliphatic rings. The second-order valence-corrected chi connectivity index (χ2v) is 22.3. The zero-order chi connectivity index (χ0) is 46.3. The number of rotatable bonds is 4. The summed E-state index contributed by atoms with van der Waals surface area (Å²) >= 11 is 0. The molecule has 8 aromatic carbocycles. The molecule has 3 nitrogen and oxygen atoms in total. The fourth-order valence-electron chi connectivity index (χ4n) is 11.4. The molecule has 0 N–H and O–H groups in total. The summed E-state index contributed by atoms with van der Waals surface area (Å²) < 4.78 is 5.32. The maximum Gasteiger partial charge on any atom is 0.333 e. The van der Waals surface area contributed by atoms with Crippen molar-refractivity contribution in [3.63, 3.8) is 0 Å². The average molecular weight is 868 g/mol. The Bertz CT molecular complexity index is 3620. The highest BCUT2D eigenvalue weighted by molar-refractivity contribution is 6.90. The van der Waals surface area contributed by atoms with E-state index in [4.69, 9.17) is 0 Å². The first-order chi connectivity index (χ1) is 32.1. The van der Waals surface area contributed by atoms with Crippen LogP contribution in [-0.2, 0) is 16.2 Å². The first-order valence-corrected chi connectivity index (χ1v) is 24.1. The third-order valence-electron chi connectivity index (χ3n) is 14.9. The normalized spacial score (nSPS) is 13.5. The van der Waals surface area contributed by atoms with Crippen molar-refractivity contribution >= 4 is 67.5 Å². The highest BCUT2D eigenvalue weighted by Crippen LogP contribution is 2.53. The van der Waals surface area contributed by atoms with Gasteiger partial charge in [0.15, 0.2) is 0 Å². The van der Waals surface area contributed by atoms with Gasteiger partial charge in [0.2, 0.25) is 0 Å². The Morgan fingerprint density at radius 2 is 1.06 bits per heavy atom. The lowest BCUT2D eigenvalue weighted by atomic mass is 9.44. The molecule has 4 heteroatoms. The highest BCUT2D eigenvalue weighted by Gasteiger charge is 2.46. The Balaban J connectivity index is 1.34. The number of para-hydroxylation sites is 2. The Morgan fingerprint density at radius 3 is 1.75 bits per heavy atom. The van der Waals surface area contributed by atoms with Gasteiger partial charge in [-0.25, -0.2) is 0 Å². The van der Waals surface area contributed by atoms with Gasteiger partial charge in [0, 0.05) is 61.1 Å². The van der Waals surface area contributed by atoms with Crippen LogP contribution in [0, 0.1) is 6.92 Å². The van der Waals surface area contributed by atoms with Crippen molar-refractivity contribution in [3.05, 3.63) is 192 Å². The quantitative estimate of drug-likeness (QED) is 0.161. The van der Waals surface area contributed by atoms with Crippen LogP contribution in [0.5, 0.6) is 0 Å². The summed E-state index contributed by atoms with van der Waals surface area (Å²) in [5, 5.41) is 3.81. The smallest absolute Gasteiger partial charge is 0.333 e. The van der Waals surface area contributed by atoms with Crippen LogP contribution in [-0.4, -0.2) is 15.9 Å². The average Bonchev–Trinajstić information content (AvgIpc) is 3.83. The number of fused-ring (bicyclic) bond motifs is 8. The zero-order valence-electron chi connectivity index (χ0n) is 40.6. The van der Waals surface area contributed by atoms with Crippen LogP contribution < -0.4 is 15.8 Å². The number of benzene rings is 8. The Kier molecular flexibility index (Phi) is 8.95. The van der Waals surface area contributed by atoms with Crippen molar-refractivity contribution in [3.8, 4) is 39.2 Å². The molecule has 0 amide bonds. The molecule has 0 saturated heterocycles. The molecule has 12 rings (SSSR count). The van der Waals surface area contributed by atoms with Crippen molar-refractivity contribution in [2.45, 2.75) is 85.5 Å². The monoisotopic (exact) mass is 867 g/mol. The Labute approximate surface area is 396 Å². The van der Waals surface area contributed by atoms with E-state index >= 15 is 0 Å². The van der Waals surface area contributed by atoms with Crippen molar-refractivity contribution in [1.29, 1.82) is 0 Å². The Morgan fingerprint density at radius 1 is 0.448 bits per heavy atom. The van der Waals surface area contributed by atoms with E-state index in [2.05, 4.69) is 253 Å². The predicted molar refractivity (Wildman–Crippen MR) is 289 cm³/mol. The molecule has 328 valence electrons. The van der Waals surface area contributed by atoms with Crippen LogP contribution >= 0.6 is 0 Å². The molecule has 0 spiro atoms. The summed E-state index contributed by atoms with van der Waals surface area (Å²) in [5.74, 6) is 0. The van der Waals surface area contributed by atoms with E-state index in [0.29, 0.717) is 0 Å². The molecular formula is C63H58BN3. The van der Waals surface area contributed by atoms with Gasteiger partial charge < -0.3 is 13.9 Å². The molecule has 10 aromatic rings. The molecule has 0 radical (unpaired) electrons. The van der Waals surface area contributed by atoms with Gasteiger partial charge >= 0.3 is 6.85 Å². The fraction of sp³-hybridized carbons (Fsp3) is 0.206. The second kappa shape index (κ2) is 14.5. The van der Waals surface area contributed by atoms with Crippen molar-refractivity contribution in [2.75, 3.05) is 4.90 Å². The van der Waals surface area contributed by atoms with Gasteiger partial charge in [-0.2, -0.15) is 0 Å². The molecule has 0 unspecified atom stereocenters. The van der Waals surface area contributed by atoms with Gasteiger partial charge in [-0.1, -0.05) is 184 Å². The summed E-state index contributed by atoms with van der Waals surface area (Å²) in [7, 11) is 0. The van der Waals surface area contributed by atoms with Gasteiger partial charge in [0.1, 0.15) is 0 Å². The van der Waals surface area contributed by atoms with Crippen LogP contribution in [0.2, 0.25) is 0 Å². The maximum absolute atomic E-state index is 2.78. The lowest BCUT2D eigenvalue weighted by Gasteiger charge is -2.42. The first-order valence-electron chi connectivity index (χ1n) is 24.1. The standard InChI is InChI=1S/C63H58BN3/c1-39-21-17-18-26-46(39)58-55(40-22-13-11-14-23-40)51-37-42(62(5,6)7)36-50-49-35-43(63(8,9)10)38-54-56(49)64(67(58)57(50)51)52-34-33-48-47-27-19-20-28-53(47)65(44-24-15-12-16-25-44)59(48)60(52)66(54)45-31-29-41(30-32-45)61(2,3)4/h11-38H,1-10H3. The summed E-state index contributed by atoms with van der Waals surface area (Å²) in [6.45, 7) is 23.3. The lowest BCUT2D eigenvalue weighted by Crippen LogP contribution is -2.57. The summed E-state index contributed by atoms with van der Waals surface area (Å²) in [6, 6.07) is 64.8. The molecule has 2 aromatic heterocycles. The number of anilines is 3. The van der Waals surface area contributed by atoms with E-state index in [1.165, 1.54) is 111 Å². The van der Waals surface area contributed by atoms with E-state index < -0.39 is 0 Å². The third kappa shape index (κ3) is 6.18. The predicted octanol–water partition coefficient (Wildman–Crippen LogP) is 15.7. The summed E-state index contributed by atoms with van der Waals surface area (Å²) in [4.78, 5) is 2.65. The third-order valence-corrected chi connectivity index (χ3v) is 14.9. The Hall–Kier alpha value is -7.04. The minimum Gasteiger partial charge on any atom is -0.375 e. The molecule has 67 heavy (non-hydrogen) atoms. The van der Waals surface area contributed by atoms with Gasteiger partial charge in [-0.05, 0) is 116 Å². The summed E-state index contributed by atoms with van der Waals surface area (Å²) in [5.41, 5.74) is 23.9. The van der Waals surface area contributed by atoms with Gasteiger partial charge in [-0.3, -0.25) is 0 Å². The number of aryl methyl sites for hydroxylation is 1. The molecule has 0 atom stereocenters. The van der Waals surface area contributed by atoms with Crippen molar-refractivity contribution in [2.24, 2.45) is 0 Å². The lowest BCUT2D eigenvalue weighted by molar-refractivity contribution is 0.589. The molecule has 0 aliphatic carbocycles. The van der Waals surface area contributed by atoms with Crippen LogP contribution in [0.1, 0.15) is 84.6 Å². The van der Waals surface area contributed by atoms with Crippen LogP contribution in [0.25, 0.3) is 71.9 Å². The maximum atomic E-state index is 2.78. The van der Waals surface area contributed by atoms with Crippen LogP contribution in [0.15, 0.2) is 170 Å². The number of hydrogen-bond acceptors (Lipinski definition) is 1. The molecule has 0 bridgehead atoms. The molecule has 4 heterocycles. The first kappa shape index (κ1) is 41.4. The van der Waals surface area contributed by atoms with Gasteiger partial charge in [0.25, 0.3) is 0 Å². The molecule has 2 aliphatic heterocycles. The SMILES string of the molecule is Cc1ccccc1-c1c(-c2ccccc2)c2cc(C(C)(C)C)cc3c2n1B1c2ccc4c5ccccc5n(-c5ccccc5)c4c2N(c2ccc(C(C)(C)C)cc2)c2cc(C(C)(C)C)cc-3c21. The number of nitrogens with zero attached hydrogens (tertiary/aromatic N) is 3. The van der Waals surface area contributed by atoms with Crippen molar-refractivity contribution in [1.82, 2.24) is 9.05 Å². The van der Waals surface area contributed by atoms with E-state index in [-0.39, 0.29) is 23.1 Å². The zero-order valence-corrected chi connectivity index (χ0v) is 40.6. The fourth-order valence-corrected chi connectivity index (χ4v) is 11.4.